The molecular formula is C18H15N5OS2. The summed E-state index contributed by atoms with van der Waals surface area (Å²) in [5.41, 5.74) is 2.61. The number of thiophene rings is 1. The van der Waals surface area contributed by atoms with Crippen molar-refractivity contribution in [3.63, 3.8) is 0 Å². The van der Waals surface area contributed by atoms with Gasteiger partial charge in [-0.2, -0.15) is 0 Å². The molecule has 0 fully saturated rings. The average molecular weight is 381 g/mol. The Labute approximate surface area is 158 Å². The Morgan fingerprint density at radius 1 is 0.962 bits per heavy atom. The van der Waals surface area contributed by atoms with Crippen molar-refractivity contribution in [2.24, 2.45) is 0 Å². The van der Waals surface area contributed by atoms with E-state index in [0.29, 0.717) is 11.8 Å². The van der Waals surface area contributed by atoms with E-state index in [1.807, 2.05) is 61.7 Å². The summed E-state index contributed by atoms with van der Waals surface area (Å²) in [6.07, 6.45) is 0. The van der Waals surface area contributed by atoms with Gasteiger partial charge < -0.3 is 10.1 Å². The Kier molecular flexibility index (Phi) is 4.59. The van der Waals surface area contributed by atoms with Gasteiger partial charge in [0.05, 0.1) is 4.88 Å². The van der Waals surface area contributed by atoms with E-state index in [9.17, 15) is 0 Å². The summed E-state index contributed by atoms with van der Waals surface area (Å²) < 4.78 is 5.79. The fraction of sp³-hybridized carbons (Fsp3) is 0.111. The first kappa shape index (κ1) is 16.6. The largest absolute Gasteiger partial charge is 0.424 e. The maximum atomic E-state index is 5.79. The number of hydrogen-bond acceptors (Lipinski definition) is 8. The standard InChI is InChI=1S/C18H15N5OS2/c1-11-9-12(2)20-17(19-11)24-14-6-3-5-13(10-14)21-18-23-22-16(26-18)15-7-4-8-25-15/h3-10H,1-2H3,(H,21,23). The highest BCUT2D eigenvalue weighted by Gasteiger charge is 2.09. The molecule has 1 N–H and O–H groups in total. The van der Waals surface area contributed by atoms with E-state index >= 15 is 0 Å². The van der Waals surface area contributed by atoms with Crippen molar-refractivity contribution in [3.05, 3.63) is 59.2 Å². The number of aryl methyl sites for hydroxylation is 2. The monoisotopic (exact) mass is 381 g/mol. The van der Waals surface area contributed by atoms with Crippen LogP contribution in [-0.4, -0.2) is 20.2 Å². The molecule has 3 heterocycles. The van der Waals surface area contributed by atoms with Gasteiger partial charge in [-0.3, -0.25) is 0 Å². The van der Waals surface area contributed by atoms with Crippen LogP contribution < -0.4 is 10.1 Å². The summed E-state index contributed by atoms with van der Waals surface area (Å²) in [7, 11) is 0. The highest BCUT2D eigenvalue weighted by molar-refractivity contribution is 7.22. The number of aromatic nitrogens is 4. The van der Waals surface area contributed by atoms with Gasteiger partial charge in [-0.15, -0.1) is 21.5 Å². The molecule has 0 amide bonds. The van der Waals surface area contributed by atoms with E-state index < -0.39 is 0 Å². The molecule has 0 radical (unpaired) electrons. The van der Waals surface area contributed by atoms with Crippen LogP contribution in [0.15, 0.2) is 47.8 Å². The van der Waals surface area contributed by atoms with Gasteiger partial charge in [0.1, 0.15) is 5.75 Å². The maximum absolute atomic E-state index is 5.79. The minimum Gasteiger partial charge on any atom is -0.424 e. The highest BCUT2D eigenvalue weighted by atomic mass is 32.1. The Morgan fingerprint density at radius 3 is 2.58 bits per heavy atom. The van der Waals surface area contributed by atoms with Gasteiger partial charge in [-0.05, 0) is 43.5 Å². The number of ether oxygens (including phenoxy) is 1. The number of hydrogen-bond donors (Lipinski definition) is 1. The van der Waals surface area contributed by atoms with Crippen molar-refractivity contribution in [2.75, 3.05) is 5.32 Å². The van der Waals surface area contributed by atoms with Crippen molar-refractivity contribution in [3.8, 4) is 21.6 Å². The summed E-state index contributed by atoms with van der Waals surface area (Å²) in [5, 5.41) is 15.4. The zero-order chi connectivity index (χ0) is 17.9. The van der Waals surface area contributed by atoms with Crippen molar-refractivity contribution in [1.29, 1.82) is 0 Å². The molecule has 0 saturated carbocycles. The second-order valence-corrected chi connectivity index (χ2v) is 7.50. The Hall–Kier alpha value is -2.84. The number of benzene rings is 1. The second-order valence-electron chi connectivity index (χ2n) is 5.58. The summed E-state index contributed by atoms with van der Waals surface area (Å²) in [6, 6.07) is 13.9. The zero-order valence-corrected chi connectivity index (χ0v) is 15.8. The van der Waals surface area contributed by atoms with Crippen molar-refractivity contribution >= 4 is 33.5 Å². The van der Waals surface area contributed by atoms with Crippen LogP contribution in [0, 0.1) is 13.8 Å². The van der Waals surface area contributed by atoms with Crippen LogP contribution in [-0.2, 0) is 0 Å². The second kappa shape index (κ2) is 7.19. The molecule has 8 heteroatoms. The average Bonchev–Trinajstić information content (AvgIpc) is 3.25. The Bertz CT molecular complexity index is 1010. The van der Waals surface area contributed by atoms with Gasteiger partial charge in [0.25, 0.3) is 0 Å². The third-order valence-electron chi connectivity index (χ3n) is 3.41. The smallest absolute Gasteiger partial charge is 0.322 e. The zero-order valence-electron chi connectivity index (χ0n) is 14.1. The molecule has 0 aliphatic carbocycles. The molecule has 4 aromatic rings. The molecule has 0 atom stereocenters. The first-order chi connectivity index (χ1) is 12.7. The number of rotatable bonds is 5. The fourth-order valence-electron chi connectivity index (χ4n) is 2.38. The molecule has 0 unspecified atom stereocenters. The van der Waals surface area contributed by atoms with Crippen LogP contribution in [0.25, 0.3) is 9.88 Å². The number of nitrogens with one attached hydrogen (secondary N) is 1. The van der Waals surface area contributed by atoms with E-state index in [0.717, 1.165) is 32.1 Å². The van der Waals surface area contributed by atoms with Crippen molar-refractivity contribution < 1.29 is 4.74 Å². The fourth-order valence-corrected chi connectivity index (χ4v) is 3.93. The van der Waals surface area contributed by atoms with E-state index in [1.165, 1.54) is 11.3 Å². The third kappa shape index (κ3) is 3.87. The summed E-state index contributed by atoms with van der Waals surface area (Å²) in [5.74, 6) is 0.656. The van der Waals surface area contributed by atoms with Crippen molar-refractivity contribution in [2.45, 2.75) is 13.8 Å². The van der Waals surface area contributed by atoms with Crippen LogP contribution in [0.1, 0.15) is 11.4 Å². The molecule has 0 spiro atoms. The molecule has 4 rings (SSSR count). The van der Waals surface area contributed by atoms with Gasteiger partial charge in [0, 0.05) is 23.1 Å². The van der Waals surface area contributed by atoms with Crippen molar-refractivity contribution in [1.82, 2.24) is 20.2 Å². The van der Waals surface area contributed by atoms with Crippen LogP contribution in [0.4, 0.5) is 10.8 Å². The first-order valence-electron chi connectivity index (χ1n) is 7.90. The lowest BCUT2D eigenvalue weighted by Gasteiger charge is -2.07. The topological polar surface area (TPSA) is 72.8 Å². The molecule has 130 valence electrons. The van der Waals surface area contributed by atoms with Crippen LogP contribution in [0.5, 0.6) is 11.8 Å². The molecule has 0 bridgehead atoms. The van der Waals surface area contributed by atoms with E-state index in [-0.39, 0.29) is 0 Å². The lowest BCUT2D eigenvalue weighted by Crippen LogP contribution is -1.96. The molecule has 0 aliphatic rings. The molecule has 26 heavy (non-hydrogen) atoms. The quantitative estimate of drug-likeness (QED) is 0.512. The van der Waals surface area contributed by atoms with Crippen LogP contribution in [0.3, 0.4) is 0 Å². The molecule has 6 nitrogen and oxygen atoms in total. The predicted octanol–water partition coefficient (Wildman–Crippen LogP) is 5.21. The summed E-state index contributed by atoms with van der Waals surface area (Å²) in [4.78, 5) is 9.71. The molecule has 3 aromatic heterocycles. The normalized spacial score (nSPS) is 10.7. The lowest BCUT2D eigenvalue weighted by molar-refractivity contribution is 0.439. The number of nitrogens with zero attached hydrogens (tertiary/aromatic N) is 4. The summed E-state index contributed by atoms with van der Waals surface area (Å²) in [6.45, 7) is 3.83. The predicted molar refractivity (Wildman–Crippen MR) is 105 cm³/mol. The highest BCUT2D eigenvalue weighted by Crippen LogP contribution is 2.32. The Balaban J connectivity index is 1.51. The molecule has 1 aromatic carbocycles. The van der Waals surface area contributed by atoms with E-state index in [4.69, 9.17) is 4.74 Å². The Morgan fingerprint density at radius 2 is 1.81 bits per heavy atom. The third-order valence-corrected chi connectivity index (χ3v) is 5.29. The minimum atomic E-state index is 0.343. The summed E-state index contributed by atoms with van der Waals surface area (Å²) >= 11 is 3.16. The molecular weight excluding hydrogens is 366 g/mol. The van der Waals surface area contributed by atoms with Gasteiger partial charge in [-0.25, -0.2) is 9.97 Å². The van der Waals surface area contributed by atoms with E-state index in [2.05, 4.69) is 25.5 Å². The van der Waals surface area contributed by atoms with E-state index in [1.54, 1.807) is 11.3 Å². The van der Waals surface area contributed by atoms with Crippen LogP contribution >= 0.6 is 22.7 Å². The molecule has 0 saturated heterocycles. The van der Waals surface area contributed by atoms with Gasteiger partial charge in [0.2, 0.25) is 5.13 Å². The van der Waals surface area contributed by atoms with Crippen LogP contribution in [0.2, 0.25) is 0 Å². The van der Waals surface area contributed by atoms with Gasteiger partial charge >= 0.3 is 6.01 Å². The van der Waals surface area contributed by atoms with Gasteiger partial charge in [0.15, 0.2) is 5.01 Å². The maximum Gasteiger partial charge on any atom is 0.322 e. The SMILES string of the molecule is Cc1cc(C)nc(Oc2cccc(Nc3nnc(-c4cccs4)s3)c2)n1. The minimum absolute atomic E-state index is 0.343. The molecule has 0 aliphatic heterocycles. The first-order valence-corrected chi connectivity index (χ1v) is 9.60. The number of anilines is 2. The van der Waals surface area contributed by atoms with Gasteiger partial charge in [-0.1, -0.05) is 23.5 Å². The lowest BCUT2D eigenvalue weighted by atomic mass is 10.3.